The number of nitrogens with two attached hydrogens (primary N) is 1. The maximum absolute atomic E-state index is 12.9. The summed E-state index contributed by atoms with van der Waals surface area (Å²) in [6, 6.07) is 9.14. The SMILES string of the molecule is NS(=O)(=O)c1ccccc1NCC1CCC(CNC(=O)c2cc(C(F)(F)F)ccc2Cl)CC1. The number of halogens is 4. The fourth-order valence-electron chi connectivity index (χ4n) is 3.96. The number of amides is 1. The topological polar surface area (TPSA) is 101 Å². The Hall–Kier alpha value is -2.30. The first-order chi connectivity index (χ1) is 15.4. The Morgan fingerprint density at radius 1 is 1.03 bits per heavy atom. The maximum Gasteiger partial charge on any atom is 0.416 e. The number of carbonyl (C=O) groups is 1. The summed E-state index contributed by atoms with van der Waals surface area (Å²) >= 11 is 5.93. The summed E-state index contributed by atoms with van der Waals surface area (Å²) in [4.78, 5) is 12.4. The number of hydrogen-bond acceptors (Lipinski definition) is 4. The Labute approximate surface area is 195 Å². The summed E-state index contributed by atoms with van der Waals surface area (Å²) < 4.78 is 62.1. The zero-order valence-electron chi connectivity index (χ0n) is 17.7. The zero-order chi connectivity index (χ0) is 24.2. The van der Waals surface area contributed by atoms with Crippen LogP contribution in [0, 0.1) is 11.8 Å². The van der Waals surface area contributed by atoms with Crippen molar-refractivity contribution in [3.8, 4) is 0 Å². The fourth-order valence-corrected chi connectivity index (χ4v) is 4.88. The van der Waals surface area contributed by atoms with E-state index < -0.39 is 27.7 Å². The van der Waals surface area contributed by atoms with Crippen molar-refractivity contribution in [3.05, 3.63) is 58.6 Å². The van der Waals surface area contributed by atoms with Crippen molar-refractivity contribution in [2.45, 2.75) is 36.8 Å². The number of anilines is 1. The van der Waals surface area contributed by atoms with Crippen molar-refractivity contribution in [1.82, 2.24) is 5.32 Å². The standard InChI is InChI=1S/C22H25ClF3N3O3S/c23-18-10-9-16(22(24,25)26)11-17(18)21(30)29-13-15-7-5-14(6-8-15)12-28-19-3-1-2-4-20(19)33(27,31)32/h1-4,9-11,14-15,28H,5-8,12-13H2,(H,29,30)(H2,27,31,32). The molecule has 4 N–H and O–H groups in total. The van der Waals surface area contributed by atoms with Crippen LogP contribution in [0.3, 0.4) is 0 Å². The van der Waals surface area contributed by atoms with Gasteiger partial charge < -0.3 is 10.6 Å². The van der Waals surface area contributed by atoms with Crippen LogP contribution in [0.1, 0.15) is 41.6 Å². The average molecular weight is 504 g/mol. The number of benzene rings is 2. The van der Waals surface area contributed by atoms with Crippen molar-refractivity contribution >= 4 is 33.2 Å². The molecule has 1 amide bonds. The lowest BCUT2D eigenvalue weighted by Gasteiger charge is -2.29. The number of alkyl halides is 3. The molecule has 0 heterocycles. The summed E-state index contributed by atoms with van der Waals surface area (Å²) in [5.74, 6) is -0.107. The van der Waals surface area contributed by atoms with Gasteiger partial charge in [-0.3, -0.25) is 4.79 Å². The molecule has 2 aromatic rings. The number of carbonyl (C=O) groups excluding carboxylic acids is 1. The van der Waals surface area contributed by atoms with Crippen LogP contribution in [0.5, 0.6) is 0 Å². The number of nitrogens with one attached hydrogen (secondary N) is 2. The minimum atomic E-state index is -4.55. The summed E-state index contributed by atoms with van der Waals surface area (Å²) in [5.41, 5.74) is -0.653. The highest BCUT2D eigenvalue weighted by Gasteiger charge is 2.32. The lowest BCUT2D eigenvalue weighted by Crippen LogP contribution is -2.32. The lowest BCUT2D eigenvalue weighted by atomic mass is 9.82. The smallest absolute Gasteiger partial charge is 0.384 e. The second-order valence-corrected chi connectivity index (χ2v) is 10.1. The molecule has 0 aromatic heterocycles. The number of primary sulfonamides is 1. The molecule has 0 bridgehead atoms. The van der Waals surface area contributed by atoms with E-state index >= 15 is 0 Å². The summed E-state index contributed by atoms with van der Waals surface area (Å²) in [6.07, 6.45) is -1.15. The van der Waals surface area contributed by atoms with Gasteiger partial charge in [-0.15, -0.1) is 0 Å². The van der Waals surface area contributed by atoms with E-state index in [4.69, 9.17) is 16.7 Å². The minimum Gasteiger partial charge on any atom is -0.384 e. The predicted molar refractivity (Wildman–Crippen MR) is 121 cm³/mol. The van der Waals surface area contributed by atoms with Crippen LogP contribution in [0.25, 0.3) is 0 Å². The van der Waals surface area contributed by atoms with Crippen molar-refractivity contribution < 1.29 is 26.4 Å². The van der Waals surface area contributed by atoms with E-state index in [0.29, 0.717) is 24.7 Å². The second kappa shape index (κ2) is 10.3. The van der Waals surface area contributed by atoms with Crippen molar-refractivity contribution in [1.29, 1.82) is 0 Å². The Morgan fingerprint density at radius 3 is 2.24 bits per heavy atom. The predicted octanol–water partition coefficient (Wildman–Crippen LogP) is 4.65. The molecule has 0 radical (unpaired) electrons. The average Bonchev–Trinajstić information content (AvgIpc) is 2.76. The van der Waals surface area contributed by atoms with Crippen LogP contribution in [0.2, 0.25) is 5.02 Å². The summed E-state index contributed by atoms with van der Waals surface area (Å²) in [6.45, 7) is 0.936. The van der Waals surface area contributed by atoms with Gasteiger partial charge in [-0.25, -0.2) is 13.6 Å². The number of para-hydroxylation sites is 1. The second-order valence-electron chi connectivity index (χ2n) is 8.21. The van der Waals surface area contributed by atoms with Crippen LogP contribution in [0.4, 0.5) is 18.9 Å². The van der Waals surface area contributed by atoms with Crippen LogP contribution in [-0.2, 0) is 16.2 Å². The molecule has 0 atom stereocenters. The van der Waals surface area contributed by atoms with Gasteiger partial charge >= 0.3 is 6.18 Å². The van der Waals surface area contributed by atoms with Gasteiger partial charge in [0.05, 0.1) is 21.8 Å². The molecular weight excluding hydrogens is 479 g/mol. The first kappa shape index (κ1) is 25.3. The van der Waals surface area contributed by atoms with Crippen molar-refractivity contribution in [3.63, 3.8) is 0 Å². The van der Waals surface area contributed by atoms with Gasteiger partial charge in [-0.05, 0) is 67.9 Å². The molecule has 0 spiro atoms. The molecule has 0 saturated heterocycles. The van der Waals surface area contributed by atoms with Gasteiger partial charge in [0.25, 0.3) is 5.91 Å². The molecule has 0 aliphatic heterocycles. The minimum absolute atomic E-state index is 0.0324. The third-order valence-corrected chi connectivity index (χ3v) is 7.13. The molecule has 33 heavy (non-hydrogen) atoms. The van der Waals surface area contributed by atoms with Crippen LogP contribution < -0.4 is 15.8 Å². The highest BCUT2D eigenvalue weighted by Crippen LogP contribution is 2.32. The van der Waals surface area contributed by atoms with Gasteiger partial charge in [0.2, 0.25) is 10.0 Å². The zero-order valence-corrected chi connectivity index (χ0v) is 19.2. The molecule has 1 saturated carbocycles. The molecule has 3 rings (SSSR count). The molecule has 11 heteroatoms. The van der Waals surface area contributed by atoms with Gasteiger partial charge in [0, 0.05) is 13.1 Å². The van der Waals surface area contributed by atoms with Crippen LogP contribution in [-0.4, -0.2) is 27.4 Å². The van der Waals surface area contributed by atoms with Crippen molar-refractivity contribution in [2.24, 2.45) is 17.0 Å². The van der Waals surface area contributed by atoms with E-state index in [2.05, 4.69) is 10.6 Å². The third-order valence-electron chi connectivity index (χ3n) is 5.83. The Balaban J connectivity index is 1.48. The molecular formula is C22H25ClF3N3O3S. The number of rotatable bonds is 7. The maximum atomic E-state index is 12.9. The number of hydrogen-bond donors (Lipinski definition) is 3. The van der Waals surface area contributed by atoms with E-state index in [1.54, 1.807) is 18.2 Å². The van der Waals surface area contributed by atoms with Gasteiger partial charge in [-0.1, -0.05) is 23.7 Å². The molecule has 1 aliphatic rings. The third kappa shape index (κ3) is 6.84. The molecule has 6 nitrogen and oxygen atoms in total. The summed E-state index contributed by atoms with van der Waals surface area (Å²) in [5, 5.41) is 11.1. The Morgan fingerprint density at radius 2 is 1.64 bits per heavy atom. The largest absolute Gasteiger partial charge is 0.416 e. The van der Waals surface area contributed by atoms with E-state index in [0.717, 1.165) is 43.9 Å². The first-order valence-corrected chi connectivity index (χ1v) is 12.4. The number of sulfonamides is 1. The molecule has 180 valence electrons. The van der Waals surface area contributed by atoms with E-state index in [9.17, 15) is 26.4 Å². The fraction of sp³-hybridized carbons (Fsp3) is 0.409. The van der Waals surface area contributed by atoms with E-state index in [-0.39, 0.29) is 21.4 Å². The molecule has 0 unspecified atom stereocenters. The molecule has 1 fully saturated rings. The first-order valence-electron chi connectivity index (χ1n) is 10.5. The quantitative estimate of drug-likeness (QED) is 0.511. The van der Waals surface area contributed by atoms with Crippen molar-refractivity contribution in [2.75, 3.05) is 18.4 Å². The Kier molecular flexibility index (Phi) is 7.92. The van der Waals surface area contributed by atoms with E-state index in [1.807, 2.05) is 0 Å². The molecule has 2 aromatic carbocycles. The summed E-state index contributed by atoms with van der Waals surface area (Å²) in [7, 11) is -3.82. The normalized spacial score (nSPS) is 19.2. The van der Waals surface area contributed by atoms with Crippen LogP contribution in [0.15, 0.2) is 47.4 Å². The monoisotopic (exact) mass is 503 g/mol. The highest BCUT2D eigenvalue weighted by molar-refractivity contribution is 7.89. The van der Waals surface area contributed by atoms with E-state index in [1.165, 1.54) is 6.07 Å². The van der Waals surface area contributed by atoms with Gasteiger partial charge in [0.15, 0.2) is 0 Å². The lowest BCUT2D eigenvalue weighted by molar-refractivity contribution is -0.137. The highest BCUT2D eigenvalue weighted by atomic mass is 35.5. The molecule has 1 aliphatic carbocycles. The Bertz CT molecular complexity index is 1100. The van der Waals surface area contributed by atoms with Gasteiger partial charge in [-0.2, -0.15) is 13.2 Å². The van der Waals surface area contributed by atoms with Gasteiger partial charge in [0.1, 0.15) is 4.90 Å². The van der Waals surface area contributed by atoms with Crippen LogP contribution >= 0.6 is 11.6 Å².